The second kappa shape index (κ2) is 13.5. The number of halogens is 3. The third-order valence-electron chi connectivity index (χ3n) is 6.80. The third-order valence-corrected chi connectivity index (χ3v) is 8.70. The number of hydrogen-bond acceptors (Lipinski definition) is 6. The monoisotopic (exact) mass is 607 g/mol. The largest absolute Gasteiger partial charge is 0.390 e. The number of sulfonamides is 1. The molecule has 220 valence electrons. The van der Waals surface area contributed by atoms with Gasteiger partial charge in [-0.05, 0) is 66.8 Å². The van der Waals surface area contributed by atoms with Gasteiger partial charge >= 0.3 is 0 Å². The van der Waals surface area contributed by atoms with Crippen molar-refractivity contribution in [2.24, 2.45) is 0 Å². The molecule has 3 aromatic rings. The molecule has 0 aromatic heterocycles. The van der Waals surface area contributed by atoms with Crippen LogP contribution in [0.5, 0.6) is 0 Å². The summed E-state index contributed by atoms with van der Waals surface area (Å²) in [5.41, 5.74) is 2.33. The van der Waals surface area contributed by atoms with Crippen LogP contribution in [0.4, 0.5) is 8.78 Å². The molecule has 3 aromatic carbocycles. The fourth-order valence-electron chi connectivity index (χ4n) is 4.71. The van der Waals surface area contributed by atoms with Crippen molar-refractivity contribution >= 4 is 34.2 Å². The zero-order chi connectivity index (χ0) is 29.0. The Labute approximate surface area is 244 Å². The fourth-order valence-corrected chi connectivity index (χ4v) is 6.32. The minimum Gasteiger partial charge on any atom is -0.390 e. The number of carbonyl (C=O) groups excluding carboxylic acids is 2. The number of carbonyl (C=O) groups is 2. The number of aryl methyl sites for hydroxylation is 1. The molecule has 1 aliphatic rings. The van der Waals surface area contributed by atoms with Gasteiger partial charge in [-0.25, -0.2) is 21.5 Å². The van der Waals surface area contributed by atoms with E-state index in [2.05, 4.69) is 10.6 Å². The minimum atomic E-state index is -4.09. The molecule has 0 radical (unpaired) electrons. The van der Waals surface area contributed by atoms with Crippen molar-refractivity contribution in [3.05, 3.63) is 100 Å². The number of fused-ring (bicyclic) bond motifs is 1. The van der Waals surface area contributed by atoms with Gasteiger partial charge in [-0.15, -0.1) is 12.4 Å². The summed E-state index contributed by atoms with van der Waals surface area (Å²) < 4.78 is 54.0. The second-order valence-electron chi connectivity index (χ2n) is 9.62. The van der Waals surface area contributed by atoms with Crippen molar-refractivity contribution in [1.82, 2.24) is 14.9 Å². The van der Waals surface area contributed by atoms with E-state index in [1.165, 1.54) is 24.6 Å². The number of amides is 2. The van der Waals surface area contributed by atoms with Gasteiger partial charge in [0.15, 0.2) is 0 Å². The zero-order valence-corrected chi connectivity index (χ0v) is 24.2. The third kappa shape index (κ3) is 7.28. The van der Waals surface area contributed by atoms with Gasteiger partial charge in [0.25, 0.3) is 21.8 Å². The van der Waals surface area contributed by atoms with Crippen molar-refractivity contribution in [1.29, 1.82) is 0 Å². The summed E-state index contributed by atoms with van der Waals surface area (Å²) in [5.74, 6) is -2.96. The number of rotatable bonds is 11. The maximum absolute atomic E-state index is 13.9. The van der Waals surface area contributed by atoms with Crippen LogP contribution in [-0.2, 0) is 29.4 Å². The number of nitrogens with zero attached hydrogens (tertiary/aromatic N) is 1. The van der Waals surface area contributed by atoms with Crippen molar-refractivity contribution < 1.29 is 31.9 Å². The Morgan fingerprint density at radius 2 is 1.66 bits per heavy atom. The maximum atomic E-state index is 13.9. The van der Waals surface area contributed by atoms with E-state index in [4.69, 9.17) is 0 Å². The summed E-state index contributed by atoms with van der Waals surface area (Å²) in [6, 6.07) is 13.6. The lowest BCUT2D eigenvalue weighted by atomic mass is 9.99. The van der Waals surface area contributed by atoms with Gasteiger partial charge in [0.2, 0.25) is 0 Å². The van der Waals surface area contributed by atoms with E-state index in [0.29, 0.717) is 6.54 Å². The topological polar surface area (TPSA) is 116 Å². The quantitative estimate of drug-likeness (QED) is 0.307. The first-order chi connectivity index (χ1) is 19.0. The van der Waals surface area contributed by atoms with E-state index in [-0.39, 0.29) is 53.5 Å². The lowest BCUT2D eigenvalue weighted by molar-refractivity contribution is 0.0828. The molecule has 41 heavy (non-hydrogen) atoms. The maximum Gasteiger partial charge on any atom is 0.268 e. The number of hydrogen-bond donors (Lipinski definition) is 3. The standard InChI is InChI=1S/C29H31F2N3O5S.ClH/c1-3-18-6-5-7-19(10-18)16-32-17-26(35)25(13-20-11-22(30)15-23(31)12-20)33-28(36)21-8-9-24-27(14-21)40(38,39)34(4-2)29(24)37;/h5-12,14-15,25-26,32,35H,3-4,13,16-17H2,1-2H3,(H,33,36);1H/t25-,26+;/m0./s1. The molecular weight excluding hydrogens is 576 g/mol. The molecule has 0 saturated carbocycles. The molecule has 0 bridgehead atoms. The molecule has 0 aliphatic carbocycles. The van der Waals surface area contributed by atoms with Crippen molar-refractivity contribution in [2.75, 3.05) is 13.1 Å². The summed E-state index contributed by atoms with van der Waals surface area (Å²) >= 11 is 0. The smallest absolute Gasteiger partial charge is 0.268 e. The van der Waals surface area contributed by atoms with Crippen LogP contribution in [0.25, 0.3) is 0 Å². The molecule has 0 spiro atoms. The van der Waals surface area contributed by atoms with Crippen LogP contribution >= 0.6 is 12.4 Å². The van der Waals surface area contributed by atoms with Gasteiger partial charge in [0.1, 0.15) is 16.5 Å². The molecule has 2 amide bonds. The van der Waals surface area contributed by atoms with Crippen LogP contribution in [0.1, 0.15) is 51.3 Å². The summed E-state index contributed by atoms with van der Waals surface area (Å²) in [4.78, 5) is 25.4. The van der Waals surface area contributed by atoms with Gasteiger partial charge in [-0.1, -0.05) is 31.2 Å². The normalized spacial score (nSPS) is 15.1. The van der Waals surface area contributed by atoms with E-state index >= 15 is 0 Å². The molecule has 2 atom stereocenters. The first-order valence-electron chi connectivity index (χ1n) is 13.0. The highest BCUT2D eigenvalue weighted by Gasteiger charge is 2.40. The molecule has 8 nitrogen and oxygen atoms in total. The molecule has 4 rings (SSSR count). The Morgan fingerprint density at radius 1 is 0.976 bits per heavy atom. The Balaban J connectivity index is 0.00000462. The molecule has 0 saturated heterocycles. The van der Waals surface area contributed by atoms with Crippen molar-refractivity contribution in [2.45, 2.75) is 50.3 Å². The molecule has 0 fully saturated rings. The SMILES string of the molecule is CCc1cccc(CNC[C@@H](O)[C@H](Cc2cc(F)cc(F)c2)NC(=O)c2ccc3c(c2)S(=O)(=O)N(CC)C3=O)c1.Cl. The van der Waals surface area contributed by atoms with E-state index in [1.54, 1.807) is 0 Å². The molecule has 3 N–H and O–H groups in total. The minimum absolute atomic E-state index is 0. The summed E-state index contributed by atoms with van der Waals surface area (Å²) in [6.07, 6.45) is -0.386. The number of nitrogens with one attached hydrogen (secondary N) is 2. The second-order valence-corrected chi connectivity index (χ2v) is 11.5. The van der Waals surface area contributed by atoms with Crippen LogP contribution in [0, 0.1) is 11.6 Å². The van der Waals surface area contributed by atoms with E-state index in [0.717, 1.165) is 40.6 Å². The predicted molar refractivity (Wildman–Crippen MR) is 152 cm³/mol. The molecular formula is C29H32ClF2N3O5S. The Morgan fingerprint density at radius 3 is 2.32 bits per heavy atom. The Bertz CT molecular complexity index is 1520. The first kappa shape index (κ1) is 32.1. The summed E-state index contributed by atoms with van der Waals surface area (Å²) in [6.45, 7) is 4.03. The fraction of sp³-hybridized carbons (Fsp3) is 0.310. The highest BCUT2D eigenvalue weighted by molar-refractivity contribution is 7.90. The van der Waals surface area contributed by atoms with Crippen LogP contribution in [-0.4, -0.2) is 54.9 Å². The van der Waals surface area contributed by atoms with Gasteiger partial charge in [0, 0.05) is 31.3 Å². The first-order valence-corrected chi connectivity index (χ1v) is 14.4. The summed E-state index contributed by atoms with van der Waals surface area (Å²) in [7, 11) is -4.09. The predicted octanol–water partition coefficient (Wildman–Crippen LogP) is 3.61. The van der Waals surface area contributed by atoms with Crippen LogP contribution in [0.2, 0.25) is 0 Å². The molecule has 1 aliphatic heterocycles. The van der Waals surface area contributed by atoms with Gasteiger partial charge in [0.05, 0.1) is 17.7 Å². The van der Waals surface area contributed by atoms with Crippen LogP contribution in [0.15, 0.2) is 65.6 Å². The number of benzene rings is 3. The summed E-state index contributed by atoms with van der Waals surface area (Å²) in [5, 5.41) is 16.8. The lowest BCUT2D eigenvalue weighted by Crippen LogP contribution is -2.48. The average Bonchev–Trinajstić information content (AvgIpc) is 3.11. The molecule has 12 heteroatoms. The lowest BCUT2D eigenvalue weighted by Gasteiger charge is -2.25. The Kier molecular flexibility index (Phi) is 10.6. The van der Waals surface area contributed by atoms with Crippen LogP contribution in [0.3, 0.4) is 0 Å². The van der Waals surface area contributed by atoms with Gasteiger partial charge < -0.3 is 15.7 Å². The average molecular weight is 608 g/mol. The highest BCUT2D eigenvalue weighted by Crippen LogP contribution is 2.30. The zero-order valence-electron chi connectivity index (χ0n) is 22.6. The van der Waals surface area contributed by atoms with E-state index in [1.807, 2.05) is 31.2 Å². The van der Waals surface area contributed by atoms with Crippen LogP contribution < -0.4 is 10.6 Å². The molecule has 1 heterocycles. The van der Waals surface area contributed by atoms with Crippen molar-refractivity contribution in [3.63, 3.8) is 0 Å². The van der Waals surface area contributed by atoms with Gasteiger partial charge in [-0.2, -0.15) is 0 Å². The van der Waals surface area contributed by atoms with E-state index < -0.39 is 45.6 Å². The van der Waals surface area contributed by atoms with E-state index in [9.17, 15) is 31.9 Å². The highest BCUT2D eigenvalue weighted by atomic mass is 35.5. The molecule has 0 unspecified atom stereocenters. The van der Waals surface area contributed by atoms with Crippen molar-refractivity contribution in [3.8, 4) is 0 Å². The number of aliphatic hydroxyl groups is 1. The van der Waals surface area contributed by atoms with Gasteiger partial charge in [-0.3, -0.25) is 9.59 Å². The number of aliphatic hydroxyl groups excluding tert-OH is 1. The Hall–Kier alpha value is -3.38.